The third kappa shape index (κ3) is 5.45. The van der Waals surface area contributed by atoms with Crippen LogP contribution in [0.5, 0.6) is 0 Å². The van der Waals surface area contributed by atoms with Gasteiger partial charge in [-0.05, 0) is 12.3 Å². The lowest BCUT2D eigenvalue weighted by atomic mass is 10.1. The molecule has 0 aromatic carbocycles. The van der Waals surface area contributed by atoms with Crippen LogP contribution in [-0.4, -0.2) is 13.1 Å². The highest BCUT2D eigenvalue weighted by atomic mass is 16.5. The van der Waals surface area contributed by atoms with Crippen molar-refractivity contribution in [2.24, 2.45) is 11.7 Å². The first-order valence-corrected chi connectivity index (χ1v) is 3.60. The van der Waals surface area contributed by atoms with Gasteiger partial charge in [-0.2, -0.15) is 0 Å². The number of nitrogens with two attached hydrogens (primary N) is 1. The van der Waals surface area contributed by atoms with Crippen molar-refractivity contribution in [2.45, 2.75) is 20.3 Å². The van der Waals surface area contributed by atoms with Crippen molar-refractivity contribution in [3.8, 4) is 0 Å². The van der Waals surface area contributed by atoms with E-state index in [9.17, 15) is 4.79 Å². The third-order valence-corrected chi connectivity index (χ3v) is 1.15. The van der Waals surface area contributed by atoms with Gasteiger partial charge in [0.25, 0.3) is 0 Å². The summed E-state index contributed by atoms with van der Waals surface area (Å²) < 4.78 is 4.41. The molecular weight excluding hydrogens is 142 g/mol. The highest BCUT2D eigenvalue weighted by molar-refractivity contribution is 5.82. The van der Waals surface area contributed by atoms with Crippen LogP contribution in [-0.2, 0) is 9.53 Å². The van der Waals surface area contributed by atoms with Crippen molar-refractivity contribution < 1.29 is 9.53 Å². The second-order valence-electron chi connectivity index (χ2n) is 2.84. The lowest BCUT2D eigenvalue weighted by molar-refractivity contribution is -0.134. The Morgan fingerprint density at radius 1 is 1.64 bits per heavy atom. The van der Waals surface area contributed by atoms with Gasteiger partial charge >= 0.3 is 5.97 Å². The molecule has 0 saturated heterocycles. The summed E-state index contributed by atoms with van der Waals surface area (Å²) in [7, 11) is 1.33. The molecule has 0 aromatic heterocycles. The van der Waals surface area contributed by atoms with Crippen molar-refractivity contribution in [3.63, 3.8) is 0 Å². The van der Waals surface area contributed by atoms with Gasteiger partial charge < -0.3 is 10.5 Å². The quantitative estimate of drug-likeness (QED) is 0.492. The smallest absolute Gasteiger partial charge is 0.332 e. The highest BCUT2D eigenvalue weighted by Crippen LogP contribution is 2.04. The number of allylic oxidation sites excluding steroid dienone is 1. The molecule has 11 heavy (non-hydrogen) atoms. The van der Waals surface area contributed by atoms with Gasteiger partial charge in [0.1, 0.15) is 0 Å². The maximum atomic E-state index is 10.6. The number of esters is 1. The minimum atomic E-state index is -0.386. The van der Waals surface area contributed by atoms with Gasteiger partial charge in [0.05, 0.1) is 7.11 Å². The molecule has 0 saturated carbocycles. The van der Waals surface area contributed by atoms with E-state index in [1.54, 1.807) is 0 Å². The van der Waals surface area contributed by atoms with E-state index in [-0.39, 0.29) is 5.97 Å². The average molecular weight is 157 g/mol. The number of hydrogen-bond acceptors (Lipinski definition) is 3. The molecule has 2 N–H and O–H groups in total. The molecule has 0 aliphatic heterocycles. The minimum Gasteiger partial charge on any atom is -0.466 e. The fraction of sp³-hybridized carbons (Fsp3) is 0.625. The average Bonchev–Trinajstić information content (AvgIpc) is 1.85. The number of rotatable bonds is 3. The van der Waals surface area contributed by atoms with E-state index in [0.29, 0.717) is 11.6 Å². The Morgan fingerprint density at radius 3 is 2.55 bits per heavy atom. The van der Waals surface area contributed by atoms with Gasteiger partial charge in [-0.15, -0.1) is 0 Å². The van der Waals surface area contributed by atoms with Gasteiger partial charge in [-0.3, -0.25) is 0 Å². The van der Waals surface area contributed by atoms with Crippen LogP contribution in [0.1, 0.15) is 20.3 Å². The number of carbonyl (C=O) groups is 1. The van der Waals surface area contributed by atoms with Crippen LogP contribution in [0.3, 0.4) is 0 Å². The Balaban J connectivity index is 3.90. The van der Waals surface area contributed by atoms with Gasteiger partial charge in [-0.1, -0.05) is 13.8 Å². The molecule has 0 bridgehead atoms. The zero-order valence-corrected chi connectivity index (χ0v) is 7.26. The SMILES string of the molecule is COC(=O)/C=C(/N)CC(C)C. The Labute approximate surface area is 67.2 Å². The second-order valence-corrected chi connectivity index (χ2v) is 2.84. The van der Waals surface area contributed by atoms with Gasteiger partial charge in [0.15, 0.2) is 0 Å². The molecule has 0 unspecified atom stereocenters. The standard InChI is InChI=1S/C8H15NO2/c1-6(2)4-7(9)5-8(10)11-3/h5-6H,4,9H2,1-3H3/b7-5+. The predicted octanol–water partition coefficient (Wildman–Crippen LogP) is 1.05. The lowest BCUT2D eigenvalue weighted by Gasteiger charge is -2.03. The molecule has 0 aliphatic rings. The molecule has 0 atom stereocenters. The Hall–Kier alpha value is -0.990. The normalized spacial score (nSPS) is 11.8. The van der Waals surface area contributed by atoms with E-state index >= 15 is 0 Å². The summed E-state index contributed by atoms with van der Waals surface area (Å²) >= 11 is 0. The van der Waals surface area contributed by atoms with Crippen molar-refractivity contribution >= 4 is 5.97 Å². The van der Waals surface area contributed by atoms with Crippen molar-refractivity contribution in [2.75, 3.05) is 7.11 Å². The largest absolute Gasteiger partial charge is 0.466 e. The van der Waals surface area contributed by atoms with Crippen LogP contribution in [0.25, 0.3) is 0 Å². The minimum absolute atomic E-state index is 0.386. The van der Waals surface area contributed by atoms with Crippen molar-refractivity contribution in [3.05, 3.63) is 11.8 Å². The summed E-state index contributed by atoms with van der Waals surface area (Å²) in [6.45, 7) is 4.08. The first kappa shape index (κ1) is 10.0. The zero-order valence-electron chi connectivity index (χ0n) is 7.26. The lowest BCUT2D eigenvalue weighted by Crippen LogP contribution is -2.06. The van der Waals surface area contributed by atoms with Crippen molar-refractivity contribution in [1.82, 2.24) is 0 Å². The van der Waals surface area contributed by atoms with Crippen LogP contribution >= 0.6 is 0 Å². The van der Waals surface area contributed by atoms with Crippen LogP contribution in [0.15, 0.2) is 11.8 Å². The molecule has 0 amide bonds. The monoisotopic (exact) mass is 157 g/mol. The molecule has 64 valence electrons. The molecule has 0 fully saturated rings. The van der Waals surface area contributed by atoms with E-state index in [1.165, 1.54) is 13.2 Å². The van der Waals surface area contributed by atoms with Crippen LogP contribution in [0, 0.1) is 5.92 Å². The molecule has 3 heteroatoms. The summed E-state index contributed by atoms with van der Waals surface area (Å²) in [5.41, 5.74) is 6.09. The number of ether oxygens (including phenoxy) is 1. The number of carbonyl (C=O) groups excluding carboxylic acids is 1. The van der Waals surface area contributed by atoms with Crippen LogP contribution < -0.4 is 5.73 Å². The summed E-state index contributed by atoms with van der Waals surface area (Å²) in [6, 6.07) is 0. The van der Waals surface area contributed by atoms with Gasteiger partial charge in [-0.25, -0.2) is 4.79 Å². The topological polar surface area (TPSA) is 52.3 Å². The van der Waals surface area contributed by atoms with Crippen LogP contribution in [0.2, 0.25) is 0 Å². The Bertz CT molecular complexity index is 161. The first-order chi connectivity index (χ1) is 5.06. The predicted molar refractivity (Wildman–Crippen MR) is 43.7 cm³/mol. The summed E-state index contributed by atoms with van der Waals surface area (Å²) in [5, 5.41) is 0. The second kappa shape index (κ2) is 4.77. The highest BCUT2D eigenvalue weighted by Gasteiger charge is 1.99. The van der Waals surface area contributed by atoms with Gasteiger partial charge in [0.2, 0.25) is 0 Å². The summed E-state index contributed by atoms with van der Waals surface area (Å²) in [5.74, 6) is 0.0825. The molecule has 0 radical (unpaired) electrons. The summed E-state index contributed by atoms with van der Waals surface area (Å²) in [4.78, 5) is 10.6. The molecule has 0 spiro atoms. The molecule has 0 rings (SSSR count). The zero-order chi connectivity index (χ0) is 8.85. The van der Waals surface area contributed by atoms with E-state index < -0.39 is 0 Å². The fourth-order valence-corrected chi connectivity index (χ4v) is 0.741. The van der Waals surface area contributed by atoms with E-state index in [0.717, 1.165) is 6.42 Å². The van der Waals surface area contributed by atoms with Crippen LogP contribution in [0.4, 0.5) is 0 Å². The van der Waals surface area contributed by atoms with Crippen molar-refractivity contribution in [1.29, 1.82) is 0 Å². The molecule has 0 aliphatic carbocycles. The van der Waals surface area contributed by atoms with E-state index in [2.05, 4.69) is 4.74 Å². The molecule has 3 nitrogen and oxygen atoms in total. The summed E-state index contributed by atoms with van der Waals surface area (Å²) in [6.07, 6.45) is 2.05. The van der Waals surface area contributed by atoms with E-state index in [1.807, 2.05) is 13.8 Å². The maximum absolute atomic E-state index is 10.6. The number of hydrogen-bond donors (Lipinski definition) is 1. The van der Waals surface area contributed by atoms with E-state index in [4.69, 9.17) is 5.73 Å². The molecule has 0 heterocycles. The maximum Gasteiger partial charge on any atom is 0.332 e. The Morgan fingerprint density at radius 2 is 2.18 bits per heavy atom. The van der Waals surface area contributed by atoms with Gasteiger partial charge in [0, 0.05) is 11.8 Å². The molecular formula is C8H15NO2. The number of methoxy groups -OCH3 is 1. The molecule has 0 aromatic rings. The fourth-order valence-electron chi connectivity index (χ4n) is 0.741. The third-order valence-electron chi connectivity index (χ3n) is 1.15. The first-order valence-electron chi connectivity index (χ1n) is 3.60. The Kier molecular flexibility index (Phi) is 4.34.